The topological polar surface area (TPSA) is 41.6 Å². The van der Waals surface area contributed by atoms with Crippen LogP contribution in [0.1, 0.15) is 0 Å². The van der Waals surface area contributed by atoms with E-state index in [-0.39, 0.29) is 0 Å². The van der Waals surface area contributed by atoms with Gasteiger partial charge in [-0.1, -0.05) is 0 Å². The number of H-pyrrole nitrogens is 1. The van der Waals surface area contributed by atoms with Crippen molar-refractivity contribution >= 4 is 11.5 Å². The van der Waals surface area contributed by atoms with E-state index in [1.54, 1.807) is 12.4 Å². The Balaban J connectivity index is 2.48. The zero-order chi connectivity index (χ0) is 6.81. The zero-order valence-corrected chi connectivity index (χ0v) is 5.93. The second kappa shape index (κ2) is 2.22. The molecule has 0 radical (unpaired) electrons. The van der Waals surface area contributed by atoms with Crippen LogP contribution < -0.4 is 0 Å². The molecule has 0 atom stereocenters. The minimum atomic E-state index is 0.834. The Morgan fingerprint density at radius 3 is 3.10 bits per heavy atom. The molecular formula is C6H5N3S. The highest BCUT2D eigenvalue weighted by Gasteiger charge is 1.98. The fraction of sp³-hybridized carbons (Fsp3) is 0. The largest absolute Gasteiger partial charge is 0.343 e. The van der Waals surface area contributed by atoms with Gasteiger partial charge in [-0.25, -0.2) is 4.98 Å². The van der Waals surface area contributed by atoms with Crippen molar-refractivity contribution in [3.05, 3.63) is 23.8 Å². The summed E-state index contributed by atoms with van der Waals surface area (Å²) < 4.78 is 4.11. The Hall–Kier alpha value is -1.16. The molecule has 1 N–H and O–H groups in total. The molecule has 4 heteroatoms. The van der Waals surface area contributed by atoms with Crippen LogP contribution in [0.25, 0.3) is 11.5 Å². The molecule has 0 aliphatic carbocycles. The molecule has 2 heterocycles. The van der Waals surface area contributed by atoms with Crippen molar-refractivity contribution in [2.75, 3.05) is 0 Å². The zero-order valence-electron chi connectivity index (χ0n) is 5.11. The quantitative estimate of drug-likeness (QED) is 0.671. The lowest BCUT2D eigenvalue weighted by Crippen LogP contribution is -1.76. The van der Waals surface area contributed by atoms with Gasteiger partial charge in [0.2, 0.25) is 0 Å². The minimum absolute atomic E-state index is 0.834. The first kappa shape index (κ1) is 5.61. The van der Waals surface area contributed by atoms with E-state index in [2.05, 4.69) is 14.3 Å². The van der Waals surface area contributed by atoms with Crippen LogP contribution in [-0.4, -0.2) is 14.3 Å². The molecule has 0 unspecified atom stereocenters. The number of aromatic amines is 1. The number of nitrogens with zero attached hydrogens (tertiary/aromatic N) is 2. The van der Waals surface area contributed by atoms with Crippen molar-refractivity contribution in [2.24, 2.45) is 0 Å². The van der Waals surface area contributed by atoms with Gasteiger partial charge >= 0.3 is 0 Å². The van der Waals surface area contributed by atoms with Gasteiger partial charge in [-0.3, -0.25) is 0 Å². The second-order valence-electron chi connectivity index (χ2n) is 1.82. The van der Waals surface area contributed by atoms with Crippen LogP contribution in [0.4, 0.5) is 0 Å². The van der Waals surface area contributed by atoms with E-state index in [1.165, 1.54) is 11.5 Å². The van der Waals surface area contributed by atoms with Gasteiger partial charge in [-0.2, -0.15) is 4.37 Å². The van der Waals surface area contributed by atoms with E-state index in [4.69, 9.17) is 0 Å². The van der Waals surface area contributed by atoms with Crippen LogP contribution in [-0.2, 0) is 0 Å². The molecule has 50 valence electrons. The number of hydrogen-bond donors (Lipinski definition) is 1. The third-order valence-corrected chi connectivity index (χ3v) is 1.74. The second-order valence-corrected chi connectivity index (χ2v) is 2.49. The van der Waals surface area contributed by atoms with Gasteiger partial charge in [-0.05, 0) is 17.6 Å². The molecule has 0 aromatic carbocycles. The summed E-state index contributed by atoms with van der Waals surface area (Å²) in [7, 11) is 0. The smallest absolute Gasteiger partial charge is 0.157 e. The standard InChI is InChI=1S/C6H5N3S/c1-4-10-9-5(1)6-7-2-3-8-6/h1-4H,(H,7,8). The van der Waals surface area contributed by atoms with Gasteiger partial charge in [0.15, 0.2) is 5.82 Å². The molecule has 10 heavy (non-hydrogen) atoms. The maximum atomic E-state index is 4.11. The number of imidazole rings is 1. The lowest BCUT2D eigenvalue weighted by molar-refractivity contribution is 1.28. The Bertz CT molecular complexity index is 252. The summed E-state index contributed by atoms with van der Waals surface area (Å²) >= 11 is 1.43. The van der Waals surface area contributed by atoms with Gasteiger partial charge in [0.1, 0.15) is 5.69 Å². The SMILES string of the molecule is c1c[nH]c(-c2ccsn2)n1. The Labute approximate surface area is 61.9 Å². The number of rotatable bonds is 1. The summed E-state index contributed by atoms with van der Waals surface area (Å²) in [6.45, 7) is 0. The molecule has 0 spiro atoms. The first-order valence-corrected chi connectivity index (χ1v) is 3.70. The van der Waals surface area contributed by atoms with E-state index in [1.807, 2.05) is 11.4 Å². The molecule has 0 saturated carbocycles. The molecule has 0 amide bonds. The third-order valence-electron chi connectivity index (χ3n) is 1.18. The predicted octanol–water partition coefficient (Wildman–Crippen LogP) is 1.53. The van der Waals surface area contributed by atoms with Crippen LogP contribution in [0.5, 0.6) is 0 Å². The van der Waals surface area contributed by atoms with Gasteiger partial charge in [0.25, 0.3) is 0 Å². The van der Waals surface area contributed by atoms with E-state index >= 15 is 0 Å². The molecule has 2 aromatic heterocycles. The molecule has 3 nitrogen and oxygen atoms in total. The average Bonchev–Trinajstić information content (AvgIpc) is 2.59. The van der Waals surface area contributed by atoms with E-state index in [0.717, 1.165) is 11.5 Å². The summed E-state index contributed by atoms with van der Waals surface area (Å²) in [6.07, 6.45) is 3.50. The van der Waals surface area contributed by atoms with Gasteiger partial charge in [-0.15, -0.1) is 0 Å². The maximum Gasteiger partial charge on any atom is 0.157 e. The first-order valence-electron chi connectivity index (χ1n) is 2.87. The molecular weight excluding hydrogens is 146 g/mol. The number of aromatic nitrogens is 3. The highest BCUT2D eigenvalue weighted by Crippen LogP contribution is 2.11. The van der Waals surface area contributed by atoms with Crippen LogP contribution in [0.3, 0.4) is 0 Å². The third kappa shape index (κ3) is 0.823. The van der Waals surface area contributed by atoms with Gasteiger partial charge in [0, 0.05) is 17.8 Å². The Kier molecular flexibility index (Phi) is 1.25. The van der Waals surface area contributed by atoms with E-state index < -0.39 is 0 Å². The van der Waals surface area contributed by atoms with Crippen molar-refractivity contribution in [1.29, 1.82) is 0 Å². The van der Waals surface area contributed by atoms with Crippen molar-refractivity contribution in [3.8, 4) is 11.5 Å². The highest BCUT2D eigenvalue weighted by atomic mass is 32.1. The van der Waals surface area contributed by atoms with Crippen LogP contribution in [0.15, 0.2) is 23.8 Å². The fourth-order valence-corrected chi connectivity index (χ4v) is 1.25. The van der Waals surface area contributed by atoms with E-state index in [0.29, 0.717) is 0 Å². The average molecular weight is 151 g/mol. The first-order chi connectivity index (χ1) is 4.97. The summed E-state index contributed by atoms with van der Waals surface area (Å²) in [5, 5.41) is 1.93. The van der Waals surface area contributed by atoms with Crippen LogP contribution >= 0.6 is 11.5 Å². The molecule has 0 aliphatic heterocycles. The molecule has 0 bridgehead atoms. The van der Waals surface area contributed by atoms with Crippen molar-refractivity contribution in [2.45, 2.75) is 0 Å². The number of hydrogen-bond acceptors (Lipinski definition) is 3. The summed E-state index contributed by atoms with van der Waals surface area (Å²) in [5.74, 6) is 0.834. The minimum Gasteiger partial charge on any atom is -0.343 e. The van der Waals surface area contributed by atoms with Crippen LogP contribution in [0.2, 0.25) is 0 Å². The Morgan fingerprint density at radius 2 is 2.50 bits per heavy atom. The predicted molar refractivity (Wildman–Crippen MR) is 39.7 cm³/mol. The van der Waals surface area contributed by atoms with Crippen molar-refractivity contribution in [1.82, 2.24) is 14.3 Å². The summed E-state index contributed by atoms with van der Waals surface area (Å²) in [5.41, 5.74) is 0.912. The normalized spacial score (nSPS) is 10.0. The number of nitrogens with one attached hydrogen (secondary N) is 1. The maximum absolute atomic E-state index is 4.11. The highest BCUT2D eigenvalue weighted by molar-refractivity contribution is 7.03. The monoisotopic (exact) mass is 151 g/mol. The lowest BCUT2D eigenvalue weighted by Gasteiger charge is -1.83. The summed E-state index contributed by atoms with van der Waals surface area (Å²) in [4.78, 5) is 7.02. The lowest BCUT2D eigenvalue weighted by atomic mass is 10.4. The van der Waals surface area contributed by atoms with Gasteiger partial charge in [0.05, 0.1) is 0 Å². The molecule has 0 saturated heterocycles. The molecule has 0 fully saturated rings. The van der Waals surface area contributed by atoms with Crippen LogP contribution in [0, 0.1) is 0 Å². The van der Waals surface area contributed by atoms with Crippen molar-refractivity contribution in [3.63, 3.8) is 0 Å². The fourth-order valence-electron chi connectivity index (χ4n) is 0.740. The molecule has 2 aromatic rings. The Morgan fingerprint density at radius 1 is 1.50 bits per heavy atom. The van der Waals surface area contributed by atoms with Gasteiger partial charge < -0.3 is 4.98 Å². The molecule has 0 aliphatic rings. The van der Waals surface area contributed by atoms with E-state index in [9.17, 15) is 0 Å². The summed E-state index contributed by atoms with van der Waals surface area (Å²) in [6, 6.07) is 1.93. The molecule has 2 rings (SSSR count). The van der Waals surface area contributed by atoms with Crippen molar-refractivity contribution < 1.29 is 0 Å².